The average Bonchev–Trinajstić information content (AvgIpc) is 3.43. The Kier molecular flexibility index (Phi) is 7.17. The van der Waals surface area contributed by atoms with Crippen molar-refractivity contribution in [2.24, 2.45) is 7.05 Å². The molecule has 3 rings (SSSR count). The van der Waals surface area contributed by atoms with Crippen molar-refractivity contribution < 1.29 is 18.0 Å². The standard InChI is InChI=1S/C22H30N4O4S/c1-4-16(2)24-21(27)18-9-7-8-17(12-18)14-23-22(28)20-13-19(15-25(20)3)31(29,30)26-10-5-6-11-26/h7-9,12-13,15-16H,4-6,10-11,14H2,1-3H3,(H,23,28)(H,24,27). The quantitative estimate of drug-likeness (QED) is 0.650. The van der Waals surface area contributed by atoms with Gasteiger partial charge in [-0.3, -0.25) is 9.59 Å². The summed E-state index contributed by atoms with van der Waals surface area (Å²) in [5.41, 5.74) is 1.58. The Morgan fingerprint density at radius 3 is 2.52 bits per heavy atom. The van der Waals surface area contributed by atoms with Crippen LogP contribution in [0.15, 0.2) is 41.4 Å². The van der Waals surface area contributed by atoms with Gasteiger partial charge in [0.05, 0.1) is 0 Å². The molecule has 1 fully saturated rings. The van der Waals surface area contributed by atoms with E-state index in [-0.39, 0.29) is 35.0 Å². The first-order chi connectivity index (χ1) is 14.7. The largest absolute Gasteiger partial charge is 0.350 e. The van der Waals surface area contributed by atoms with E-state index in [1.807, 2.05) is 19.9 Å². The van der Waals surface area contributed by atoms with Crippen molar-refractivity contribution in [1.82, 2.24) is 19.5 Å². The molecule has 0 saturated carbocycles. The maximum Gasteiger partial charge on any atom is 0.268 e. The van der Waals surface area contributed by atoms with E-state index in [9.17, 15) is 18.0 Å². The zero-order valence-electron chi connectivity index (χ0n) is 18.2. The van der Waals surface area contributed by atoms with Crippen molar-refractivity contribution in [2.45, 2.75) is 50.6 Å². The van der Waals surface area contributed by atoms with Gasteiger partial charge >= 0.3 is 0 Å². The molecule has 2 amide bonds. The number of sulfonamides is 1. The van der Waals surface area contributed by atoms with E-state index in [0.29, 0.717) is 18.7 Å². The maximum absolute atomic E-state index is 12.7. The number of aromatic nitrogens is 1. The van der Waals surface area contributed by atoms with Crippen LogP contribution in [0.2, 0.25) is 0 Å². The van der Waals surface area contributed by atoms with Gasteiger partial charge in [-0.2, -0.15) is 4.31 Å². The molecule has 1 saturated heterocycles. The number of rotatable bonds is 8. The van der Waals surface area contributed by atoms with Crippen LogP contribution in [0.4, 0.5) is 0 Å². The molecule has 2 heterocycles. The van der Waals surface area contributed by atoms with E-state index in [0.717, 1.165) is 24.8 Å². The second-order valence-electron chi connectivity index (χ2n) is 7.95. The number of carbonyl (C=O) groups excluding carboxylic acids is 2. The third kappa shape index (κ3) is 5.34. The van der Waals surface area contributed by atoms with Gasteiger partial charge in [0.2, 0.25) is 10.0 Å². The van der Waals surface area contributed by atoms with Gasteiger partial charge in [0.15, 0.2) is 0 Å². The first kappa shape index (κ1) is 23.0. The Balaban J connectivity index is 1.67. The molecule has 1 aliphatic rings. The Hall–Kier alpha value is -2.65. The smallest absolute Gasteiger partial charge is 0.268 e. The van der Waals surface area contributed by atoms with Crippen LogP contribution < -0.4 is 10.6 Å². The number of hydrogen-bond donors (Lipinski definition) is 2. The third-order valence-corrected chi connectivity index (χ3v) is 7.41. The lowest BCUT2D eigenvalue weighted by atomic mass is 10.1. The summed E-state index contributed by atoms with van der Waals surface area (Å²) in [7, 11) is -1.93. The molecule has 0 bridgehead atoms. The highest BCUT2D eigenvalue weighted by molar-refractivity contribution is 7.89. The number of carbonyl (C=O) groups is 2. The summed E-state index contributed by atoms with van der Waals surface area (Å²) in [5.74, 6) is -0.526. The fraction of sp³-hybridized carbons (Fsp3) is 0.455. The summed E-state index contributed by atoms with van der Waals surface area (Å²) < 4.78 is 28.5. The molecule has 1 atom stereocenters. The van der Waals surface area contributed by atoms with Crippen molar-refractivity contribution in [3.63, 3.8) is 0 Å². The predicted molar refractivity (Wildman–Crippen MR) is 118 cm³/mol. The molecule has 1 aromatic carbocycles. The summed E-state index contributed by atoms with van der Waals surface area (Å²) in [6.45, 7) is 5.20. The van der Waals surface area contributed by atoms with Crippen LogP contribution in [0.25, 0.3) is 0 Å². The number of amides is 2. The van der Waals surface area contributed by atoms with Gasteiger partial charge in [0.25, 0.3) is 11.8 Å². The Morgan fingerprint density at radius 1 is 1.13 bits per heavy atom. The van der Waals surface area contributed by atoms with Gasteiger partial charge in [-0.15, -0.1) is 0 Å². The molecule has 0 aliphatic carbocycles. The van der Waals surface area contributed by atoms with Crippen LogP contribution in [0, 0.1) is 0 Å². The molecular formula is C22H30N4O4S. The second-order valence-corrected chi connectivity index (χ2v) is 9.89. The minimum atomic E-state index is -3.58. The van der Waals surface area contributed by atoms with E-state index < -0.39 is 10.0 Å². The van der Waals surface area contributed by atoms with Gasteiger partial charge in [-0.05, 0) is 49.9 Å². The highest BCUT2D eigenvalue weighted by Gasteiger charge is 2.29. The number of hydrogen-bond acceptors (Lipinski definition) is 4. The van der Waals surface area contributed by atoms with Crippen LogP contribution >= 0.6 is 0 Å². The van der Waals surface area contributed by atoms with Gasteiger partial charge < -0.3 is 15.2 Å². The summed E-state index contributed by atoms with van der Waals surface area (Å²) in [6, 6.07) is 8.57. The molecule has 1 aliphatic heterocycles. The molecular weight excluding hydrogens is 416 g/mol. The number of nitrogens with zero attached hydrogens (tertiary/aromatic N) is 2. The van der Waals surface area contributed by atoms with E-state index >= 15 is 0 Å². The molecule has 31 heavy (non-hydrogen) atoms. The zero-order chi connectivity index (χ0) is 22.6. The van der Waals surface area contributed by atoms with Crippen LogP contribution in [0.5, 0.6) is 0 Å². The monoisotopic (exact) mass is 446 g/mol. The highest BCUT2D eigenvalue weighted by atomic mass is 32.2. The van der Waals surface area contributed by atoms with Crippen molar-refractivity contribution in [3.8, 4) is 0 Å². The molecule has 1 aromatic heterocycles. The van der Waals surface area contributed by atoms with Crippen LogP contribution in [0.3, 0.4) is 0 Å². The van der Waals surface area contributed by atoms with Crippen molar-refractivity contribution in [3.05, 3.63) is 53.3 Å². The fourth-order valence-electron chi connectivity index (χ4n) is 3.48. The van der Waals surface area contributed by atoms with Crippen molar-refractivity contribution in [2.75, 3.05) is 13.1 Å². The average molecular weight is 447 g/mol. The first-order valence-corrected chi connectivity index (χ1v) is 12.0. The molecule has 8 nitrogen and oxygen atoms in total. The highest BCUT2D eigenvalue weighted by Crippen LogP contribution is 2.22. The zero-order valence-corrected chi connectivity index (χ0v) is 19.0. The third-order valence-electron chi connectivity index (χ3n) is 5.55. The minimum Gasteiger partial charge on any atom is -0.350 e. The molecule has 0 radical (unpaired) electrons. The summed E-state index contributed by atoms with van der Waals surface area (Å²) in [5, 5.41) is 5.73. The maximum atomic E-state index is 12.7. The predicted octanol–water partition coefficient (Wildman–Crippen LogP) is 2.27. The lowest BCUT2D eigenvalue weighted by Crippen LogP contribution is -2.32. The lowest BCUT2D eigenvalue weighted by Gasteiger charge is -2.13. The van der Waals surface area contributed by atoms with Crippen LogP contribution in [0.1, 0.15) is 59.5 Å². The number of nitrogens with one attached hydrogen (secondary N) is 2. The molecule has 168 valence electrons. The molecule has 2 aromatic rings. The molecule has 2 N–H and O–H groups in total. The van der Waals surface area contributed by atoms with Crippen LogP contribution in [-0.2, 0) is 23.6 Å². The van der Waals surface area contributed by atoms with Gasteiger partial charge in [-0.1, -0.05) is 19.1 Å². The van der Waals surface area contributed by atoms with E-state index in [4.69, 9.17) is 0 Å². The number of aryl methyl sites for hydroxylation is 1. The summed E-state index contributed by atoms with van der Waals surface area (Å²) >= 11 is 0. The van der Waals surface area contributed by atoms with E-state index in [1.165, 1.54) is 21.1 Å². The molecule has 1 unspecified atom stereocenters. The van der Waals surface area contributed by atoms with Crippen LogP contribution in [-0.4, -0.2) is 48.2 Å². The Morgan fingerprint density at radius 2 is 1.84 bits per heavy atom. The second kappa shape index (κ2) is 9.65. The first-order valence-electron chi connectivity index (χ1n) is 10.6. The van der Waals surface area contributed by atoms with Crippen molar-refractivity contribution in [1.29, 1.82) is 0 Å². The molecule has 0 spiro atoms. The fourth-order valence-corrected chi connectivity index (χ4v) is 5.07. The van der Waals surface area contributed by atoms with E-state index in [1.54, 1.807) is 25.2 Å². The molecule has 9 heteroatoms. The SMILES string of the molecule is CCC(C)NC(=O)c1cccc(CNC(=O)c2cc(S(=O)(=O)N3CCCC3)cn2C)c1. The topological polar surface area (TPSA) is 101 Å². The summed E-state index contributed by atoms with van der Waals surface area (Å²) in [6.07, 6.45) is 4.03. The van der Waals surface area contributed by atoms with Gasteiger partial charge in [0.1, 0.15) is 10.6 Å². The Bertz CT molecular complexity index is 1060. The van der Waals surface area contributed by atoms with E-state index in [2.05, 4.69) is 10.6 Å². The normalized spacial score (nSPS) is 15.6. The summed E-state index contributed by atoms with van der Waals surface area (Å²) in [4.78, 5) is 25.1. The van der Waals surface area contributed by atoms with Gasteiger partial charge in [-0.25, -0.2) is 8.42 Å². The number of benzene rings is 1. The van der Waals surface area contributed by atoms with Gasteiger partial charge in [0, 0.05) is 44.5 Å². The Labute approximate surface area is 183 Å². The minimum absolute atomic E-state index is 0.0826. The lowest BCUT2D eigenvalue weighted by molar-refractivity contribution is 0.0934. The van der Waals surface area contributed by atoms with Crippen molar-refractivity contribution >= 4 is 21.8 Å².